The fourth-order valence-corrected chi connectivity index (χ4v) is 5.75. The largest absolute Gasteiger partial charge is 0.493 e. The average Bonchev–Trinajstić information content (AvgIpc) is 3.49. The van der Waals surface area contributed by atoms with Crippen LogP contribution in [0.1, 0.15) is 37.0 Å². The highest BCUT2D eigenvalue weighted by Gasteiger charge is 2.67. The third-order valence-electron chi connectivity index (χ3n) is 7.03. The van der Waals surface area contributed by atoms with Gasteiger partial charge in [-0.1, -0.05) is 30.3 Å². The maximum Gasteiger partial charge on any atom is 0.231 e. The molecule has 2 amide bonds. The molecule has 3 aliphatic heterocycles. The number of fused-ring (bicyclic) bond motifs is 3. The Morgan fingerprint density at radius 1 is 1.16 bits per heavy atom. The molecule has 8 heteroatoms. The average molecular weight is 438 g/mol. The number of benzene rings is 2. The maximum absolute atomic E-state index is 12.8. The Bertz CT molecular complexity index is 1070. The third-order valence-corrected chi connectivity index (χ3v) is 7.03. The number of carbonyl (C=O) groups is 2. The number of aliphatic hydroxyl groups is 1. The second kappa shape index (κ2) is 7.41. The Hall–Kier alpha value is -3.26. The van der Waals surface area contributed by atoms with Crippen molar-refractivity contribution in [3.8, 4) is 17.2 Å². The van der Waals surface area contributed by atoms with Crippen molar-refractivity contribution in [1.82, 2.24) is 9.80 Å². The minimum absolute atomic E-state index is 0.0722. The molecule has 4 atom stereocenters. The molecule has 5 rings (SSSR count). The Balaban J connectivity index is 1.68. The SMILES string of the molecule is COc1cc([C@H](O)[C@]23CN(C(C)=O)[C@H](CN2C(C)=O)C3c2ccccc2)cc2c1OCO2. The van der Waals surface area contributed by atoms with Gasteiger partial charge >= 0.3 is 0 Å². The molecule has 3 aliphatic rings. The van der Waals surface area contributed by atoms with E-state index in [-0.39, 0.29) is 37.1 Å². The summed E-state index contributed by atoms with van der Waals surface area (Å²) >= 11 is 0. The van der Waals surface area contributed by atoms with Gasteiger partial charge in [0.25, 0.3) is 0 Å². The van der Waals surface area contributed by atoms with Crippen LogP contribution < -0.4 is 14.2 Å². The topological polar surface area (TPSA) is 88.5 Å². The fraction of sp³-hybridized carbons (Fsp3) is 0.417. The Morgan fingerprint density at radius 2 is 1.91 bits per heavy atom. The second-order valence-corrected chi connectivity index (χ2v) is 8.58. The molecular weight excluding hydrogens is 412 g/mol. The van der Waals surface area contributed by atoms with E-state index < -0.39 is 11.6 Å². The zero-order valence-electron chi connectivity index (χ0n) is 18.3. The zero-order chi connectivity index (χ0) is 22.6. The van der Waals surface area contributed by atoms with Crippen molar-refractivity contribution in [2.75, 3.05) is 27.0 Å². The summed E-state index contributed by atoms with van der Waals surface area (Å²) < 4.78 is 16.5. The van der Waals surface area contributed by atoms with E-state index in [4.69, 9.17) is 14.2 Å². The van der Waals surface area contributed by atoms with Crippen molar-refractivity contribution in [2.24, 2.45) is 0 Å². The lowest BCUT2D eigenvalue weighted by Crippen LogP contribution is -2.59. The highest BCUT2D eigenvalue weighted by molar-refractivity contribution is 5.79. The predicted molar refractivity (Wildman–Crippen MR) is 115 cm³/mol. The molecular formula is C24H26N2O6. The number of carbonyl (C=O) groups excluding carboxylic acids is 2. The maximum atomic E-state index is 12.8. The number of piperazine rings is 1. The summed E-state index contributed by atoms with van der Waals surface area (Å²) in [6, 6.07) is 13.0. The smallest absolute Gasteiger partial charge is 0.231 e. The number of likely N-dealkylation sites (tertiary alicyclic amines) is 2. The van der Waals surface area contributed by atoms with Crippen LogP contribution >= 0.6 is 0 Å². The number of hydrogen-bond acceptors (Lipinski definition) is 6. The van der Waals surface area contributed by atoms with Crippen molar-refractivity contribution in [3.63, 3.8) is 0 Å². The number of hydrogen-bond donors (Lipinski definition) is 1. The quantitative estimate of drug-likeness (QED) is 0.786. The van der Waals surface area contributed by atoms with Crippen molar-refractivity contribution >= 4 is 11.8 Å². The lowest BCUT2D eigenvalue weighted by molar-refractivity contribution is -0.146. The van der Waals surface area contributed by atoms with Gasteiger partial charge in [-0.15, -0.1) is 0 Å². The number of methoxy groups -OCH3 is 1. The van der Waals surface area contributed by atoms with E-state index in [9.17, 15) is 14.7 Å². The standard InChI is InChI=1S/C24H26N2O6/c1-14(27)25-12-24(23(29)17-9-19(30-3)22-20(10-17)31-13-32-22)21(16-7-5-4-6-8-16)18(25)11-26(24)15(2)28/h4-10,18,21,23,29H,11-13H2,1-3H3/t18-,21?,23+,24-/m1/s1. The van der Waals surface area contributed by atoms with E-state index in [0.29, 0.717) is 29.4 Å². The highest BCUT2D eigenvalue weighted by atomic mass is 16.7. The summed E-state index contributed by atoms with van der Waals surface area (Å²) in [5, 5.41) is 11.9. The van der Waals surface area contributed by atoms with Gasteiger partial charge in [0.1, 0.15) is 6.10 Å². The number of aliphatic hydroxyl groups excluding tert-OH is 1. The highest BCUT2D eigenvalue weighted by Crippen LogP contribution is 2.57. The van der Waals surface area contributed by atoms with Gasteiger partial charge in [0.15, 0.2) is 11.5 Å². The first kappa shape index (κ1) is 20.6. The van der Waals surface area contributed by atoms with E-state index in [1.54, 1.807) is 21.9 Å². The molecule has 2 aromatic carbocycles. The number of amides is 2. The summed E-state index contributed by atoms with van der Waals surface area (Å²) in [7, 11) is 1.53. The van der Waals surface area contributed by atoms with Gasteiger partial charge in [0, 0.05) is 32.9 Å². The summed E-state index contributed by atoms with van der Waals surface area (Å²) in [6.45, 7) is 3.72. The summed E-state index contributed by atoms with van der Waals surface area (Å²) in [4.78, 5) is 28.8. The van der Waals surface area contributed by atoms with Crippen LogP contribution in [-0.2, 0) is 9.59 Å². The fourth-order valence-electron chi connectivity index (χ4n) is 5.75. The molecule has 2 saturated heterocycles. The summed E-state index contributed by atoms with van der Waals surface area (Å²) in [5.74, 6) is 0.969. The van der Waals surface area contributed by atoms with E-state index in [0.717, 1.165) is 5.56 Å². The first-order valence-electron chi connectivity index (χ1n) is 10.6. The Kier molecular flexibility index (Phi) is 4.78. The molecule has 32 heavy (non-hydrogen) atoms. The zero-order valence-corrected chi connectivity index (χ0v) is 18.3. The lowest BCUT2D eigenvalue weighted by atomic mass is 9.75. The number of ether oxygens (including phenoxy) is 3. The van der Waals surface area contributed by atoms with Crippen molar-refractivity contribution in [2.45, 2.75) is 37.5 Å². The molecule has 0 aromatic heterocycles. The second-order valence-electron chi connectivity index (χ2n) is 8.58. The van der Waals surface area contributed by atoms with E-state index >= 15 is 0 Å². The molecule has 2 bridgehead atoms. The van der Waals surface area contributed by atoms with Gasteiger partial charge in [0.05, 0.1) is 18.7 Å². The number of nitrogens with zero attached hydrogens (tertiary/aromatic N) is 2. The van der Waals surface area contributed by atoms with Gasteiger partial charge in [-0.25, -0.2) is 0 Å². The van der Waals surface area contributed by atoms with E-state index in [2.05, 4.69) is 0 Å². The monoisotopic (exact) mass is 438 g/mol. The van der Waals surface area contributed by atoms with Crippen LogP contribution in [0, 0.1) is 0 Å². The van der Waals surface area contributed by atoms with E-state index in [1.165, 1.54) is 21.0 Å². The molecule has 0 radical (unpaired) electrons. The van der Waals surface area contributed by atoms with Gasteiger partial charge in [-0.05, 0) is 23.3 Å². The molecule has 0 saturated carbocycles. The van der Waals surface area contributed by atoms with Crippen LogP contribution in [0.2, 0.25) is 0 Å². The van der Waals surface area contributed by atoms with Crippen LogP contribution in [0.5, 0.6) is 17.2 Å². The minimum Gasteiger partial charge on any atom is -0.493 e. The van der Waals surface area contributed by atoms with Crippen LogP contribution in [0.15, 0.2) is 42.5 Å². The van der Waals surface area contributed by atoms with Crippen LogP contribution in [0.4, 0.5) is 0 Å². The molecule has 0 spiro atoms. The van der Waals surface area contributed by atoms with Gasteiger partial charge in [0.2, 0.25) is 24.4 Å². The molecule has 1 N–H and O–H groups in total. The number of rotatable bonds is 4. The summed E-state index contributed by atoms with van der Waals surface area (Å²) in [6.07, 6.45) is -1.09. The molecule has 2 fully saturated rings. The Morgan fingerprint density at radius 3 is 2.56 bits per heavy atom. The molecule has 2 aromatic rings. The normalized spacial score (nSPS) is 26.4. The van der Waals surface area contributed by atoms with Gasteiger partial charge < -0.3 is 29.1 Å². The van der Waals surface area contributed by atoms with Crippen LogP contribution in [0.3, 0.4) is 0 Å². The van der Waals surface area contributed by atoms with Crippen LogP contribution in [-0.4, -0.2) is 65.3 Å². The van der Waals surface area contributed by atoms with Crippen LogP contribution in [0.25, 0.3) is 0 Å². The first-order chi connectivity index (χ1) is 15.4. The van der Waals surface area contributed by atoms with Gasteiger partial charge in [-0.2, -0.15) is 0 Å². The first-order valence-corrected chi connectivity index (χ1v) is 10.6. The third kappa shape index (κ3) is 2.79. The summed E-state index contributed by atoms with van der Waals surface area (Å²) in [5.41, 5.74) is 0.503. The molecule has 3 heterocycles. The van der Waals surface area contributed by atoms with Crippen molar-refractivity contribution in [3.05, 3.63) is 53.6 Å². The molecule has 0 aliphatic carbocycles. The minimum atomic E-state index is -1.09. The lowest BCUT2D eigenvalue weighted by Gasteiger charge is -2.45. The Labute approximate surface area is 186 Å². The van der Waals surface area contributed by atoms with Crippen molar-refractivity contribution in [1.29, 1.82) is 0 Å². The predicted octanol–water partition coefficient (Wildman–Crippen LogP) is 2.07. The van der Waals surface area contributed by atoms with Crippen molar-refractivity contribution < 1.29 is 28.9 Å². The van der Waals surface area contributed by atoms with Gasteiger partial charge in [-0.3, -0.25) is 9.59 Å². The van der Waals surface area contributed by atoms with E-state index in [1.807, 2.05) is 30.3 Å². The molecule has 1 unspecified atom stereocenters. The molecule has 8 nitrogen and oxygen atoms in total. The molecule has 168 valence electrons.